The fourth-order valence-corrected chi connectivity index (χ4v) is 1.59. The second kappa shape index (κ2) is 6.98. The van der Waals surface area contributed by atoms with Gasteiger partial charge in [0, 0.05) is 6.54 Å². The zero-order chi connectivity index (χ0) is 14.4. The first-order chi connectivity index (χ1) is 9.03. The van der Waals surface area contributed by atoms with Gasteiger partial charge in [-0.3, -0.25) is 4.79 Å². The number of pyridine rings is 1. The first-order valence-electron chi connectivity index (χ1n) is 5.73. The van der Waals surface area contributed by atoms with Crippen LogP contribution in [0, 0.1) is 0 Å². The molecule has 1 heterocycles. The molecule has 0 aliphatic rings. The van der Waals surface area contributed by atoms with Crippen molar-refractivity contribution in [2.45, 2.75) is 26.3 Å². The van der Waals surface area contributed by atoms with E-state index in [0.29, 0.717) is 0 Å². The van der Waals surface area contributed by atoms with E-state index in [0.717, 1.165) is 0 Å². The summed E-state index contributed by atoms with van der Waals surface area (Å²) in [4.78, 5) is 15.2. The Balaban J connectivity index is 3.14. The molecule has 7 heteroatoms. The summed E-state index contributed by atoms with van der Waals surface area (Å²) < 4.78 is 35.5. The van der Waals surface area contributed by atoms with E-state index in [4.69, 9.17) is 15.2 Å². The number of esters is 1. The van der Waals surface area contributed by atoms with Crippen LogP contribution in [0.2, 0.25) is 0 Å². The van der Waals surface area contributed by atoms with E-state index < -0.39 is 18.1 Å². The topological polar surface area (TPSA) is 74.4 Å². The molecule has 5 nitrogen and oxygen atoms in total. The normalized spacial score (nSPS) is 10.6. The van der Waals surface area contributed by atoms with Gasteiger partial charge in [0.15, 0.2) is 0 Å². The lowest BCUT2D eigenvalue weighted by Gasteiger charge is -2.13. The average Bonchev–Trinajstić information content (AvgIpc) is 2.38. The van der Waals surface area contributed by atoms with Gasteiger partial charge >= 0.3 is 5.97 Å². The standard InChI is InChI=1S/C12H16F2N2O3/c1-3-19-10(17)5-8-9(18-2)4-7(6-15)11(16-8)12(13)14/h4,12H,3,5-6,15H2,1-2H3. The minimum Gasteiger partial charge on any atom is -0.495 e. The van der Waals surface area contributed by atoms with E-state index >= 15 is 0 Å². The molecule has 0 atom stereocenters. The van der Waals surface area contributed by atoms with Gasteiger partial charge in [-0.2, -0.15) is 0 Å². The van der Waals surface area contributed by atoms with E-state index in [1.54, 1.807) is 6.92 Å². The van der Waals surface area contributed by atoms with E-state index in [2.05, 4.69) is 4.98 Å². The Bertz CT molecular complexity index is 453. The number of hydrogen-bond donors (Lipinski definition) is 1. The molecule has 1 aromatic rings. The average molecular weight is 274 g/mol. The summed E-state index contributed by atoms with van der Waals surface area (Å²) in [6.07, 6.45) is -2.98. The molecule has 0 amide bonds. The summed E-state index contributed by atoms with van der Waals surface area (Å²) in [5.41, 5.74) is 5.28. The number of nitrogens with zero attached hydrogens (tertiary/aromatic N) is 1. The first kappa shape index (κ1) is 15.3. The van der Waals surface area contributed by atoms with Crippen molar-refractivity contribution in [1.82, 2.24) is 4.98 Å². The highest BCUT2D eigenvalue weighted by Gasteiger charge is 2.20. The van der Waals surface area contributed by atoms with Crippen molar-refractivity contribution in [2.75, 3.05) is 13.7 Å². The number of alkyl halides is 2. The zero-order valence-corrected chi connectivity index (χ0v) is 10.8. The molecule has 0 radical (unpaired) electrons. The maximum atomic E-state index is 12.8. The second-order valence-electron chi connectivity index (χ2n) is 3.67. The molecule has 0 bridgehead atoms. The van der Waals surface area contributed by atoms with Gasteiger partial charge in [0.2, 0.25) is 0 Å². The highest BCUT2D eigenvalue weighted by molar-refractivity contribution is 5.73. The smallest absolute Gasteiger partial charge is 0.312 e. The number of methoxy groups -OCH3 is 1. The third kappa shape index (κ3) is 3.85. The van der Waals surface area contributed by atoms with E-state index in [1.807, 2.05) is 0 Å². The van der Waals surface area contributed by atoms with Gasteiger partial charge < -0.3 is 15.2 Å². The molecule has 0 aliphatic heterocycles. The minimum atomic E-state index is -2.76. The van der Waals surface area contributed by atoms with Crippen molar-refractivity contribution in [1.29, 1.82) is 0 Å². The third-order valence-corrected chi connectivity index (χ3v) is 2.44. The van der Waals surface area contributed by atoms with Gasteiger partial charge in [-0.1, -0.05) is 0 Å². The Morgan fingerprint density at radius 3 is 2.68 bits per heavy atom. The van der Waals surface area contributed by atoms with Crippen LogP contribution in [-0.2, 0) is 22.5 Å². The van der Waals surface area contributed by atoms with Gasteiger partial charge in [0.05, 0.1) is 25.8 Å². The Morgan fingerprint density at radius 2 is 2.21 bits per heavy atom. The third-order valence-electron chi connectivity index (χ3n) is 2.44. The number of rotatable bonds is 6. The maximum absolute atomic E-state index is 12.8. The fraction of sp³-hybridized carbons (Fsp3) is 0.500. The summed E-state index contributed by atoms with van der Waals surface area (Å²) in [5.74, 6) is -0.299. The van der Waals surface area contributed by atoms with Crippen LogP contribution < -0.4 is 10.5 Å². The van der Waals surface area contributed by atoms with Gasteiger partial charge in [-0.25, -0.2) is 13.8 Å². The second-order valence-corrected chi connectivity index (χ2v) is 3.67. The Hall–Kier alpha value is -1.76. The van der Waals surface area contributed by atoms with Crippen LogP contribution in [0.3, 0.4) is 0 Å². The van der Waals surface area contributed by atoms with E-state index in [-0.39, 0.29) is 36.6 Å². The lowest BCUT2D eigenvalue weighted by molar-refractivity contribution is -0.142. The van der Waals surface area contributed by atoms with Crippen LogP contribution in [-0.4, -0.2) is 24.7 Å². The monoisotopic (exact) mass is 274 g/mol. The van der Waals surface area contributed by atoms with Crippen LogP contribution in [0.4, 0.5) is 8.78 Å². The molecule has 106 valence electrons. The van der Waals surface area contributed by atoms with Gasteiger partial charge in [0.25, 0.3) is 6.43 Å². The summed E-state index contributed by atoms with van der Waals surface area (Å²) in [6.45, 7) is 1.79. The number of carbonyl (C=O) groups excluding carboxylic acids is 1. The van der Waals surface area contributed by atoms with Gasteiger partial charge in [-0.05, 0) is 18.6 Å². The molecule has 1 aromatic heterocycles. The highest BCUT2D eigenvalue weighted by Crippen LogP contribution is 2.27. The van der Waals surface area contributed by atoms with Crippen molar-refractivity contribution in [3.05, 3.63) is 23.0 Å². The molecule has 19 heavy (non-hydrogen) atoms. The predicted octanol–water partition coefficient (Wildman–Crippen LogP) is 1.59. The summed E-state index contributed by atoms with van der Waals surface area (Å²) in [7, 11) is 1.37. The summed E-state index contributed by atoms with van der Waals surface area (Å²) >= 11 is 0. The Kier molecular flexibility index (Phi) is 5.62. The van der Waals surface area contributed by atoms with Crippen molar-refractivity contribution in [3.8, 4) is 5.75 Å². The molecule has 0 fully saturated rings. The van der Waals surface area contributed by atoms with Crippen LogP contribution in [0.1, 0.15) is 30.3 Å². The summed E-state index contributed by atoms with van der Waals surface area (Å²) in [6, 6.07) is 1.38. The number of hydrogen-bond acceptors (Lipinski definition) is 5. The lowest BCUT2D eigenvalue weighted by Crippen LogP contribution is -2.13. The lowest BCUT2D eigenvalue weighted by atomic mass is 10.1. The molecule has 0 saturated heterocycles. The number of halogens is 2. The molecule has 0 unspecified atom stereocenters. The maximum Gasteiger partial charge on any atom is 0.312 e. The molecule has 0 aliphatic carbocycles. The molecule has 2 N–H and O–H groups in total. The van der Waals surface area contributed by atoms with Gasteiger partial charge in [0.1, 0.15) is 11.4 Å². The minimum absolute atomic E-state index is 0.0806. The van der Waals surface area contributed by atoms with Crippen molar-refractivity contribution >= 4 is 5.97 Å². The molecule has 1 rings (SSSR count). The number of carbonyl (C=O) groups is 1. The predicted molar refractivity (Wildman–Crippen MR) is 64.0 cm³/mol. The molecular formula is C12H16F2N2O3. The van der Waals surface area contributed by atoms with Crippen LogP contribution >= 0.6 is 0 Å². The van der Waals surface area contributed by atoms with Crippen LogP contribution in [0.5, 0.6) is 5.75 Å². The van der Waals surface area contributed by atoms with E-state index in [1.165, 1.54) is 13.2 Å². The Morgan fingerprint density at radius 1 is 1.53 bits per heavy atom. The first-order valence-corrected chi connectivity index (χ1v) is 5.73. The van der Waals surface area contributed by atoms with Crippen LogP contribution in [0.25, 0.3) is 0 Å². The van der Waals surface area contributed by atoms with Crippen molar-refractivity contribution in [2.24, 2.45) is 5.73 Å². The number of nitrogens with two attached hydrogens (primary N) is 1. The summed E-state index contributed by atoms with van der Waals surface area (Å²) in [5, 5.41) is 0. The van der Waals surface area contributed by atoms with E-state index in [9.17, 15) is 13.6 Å². The van der Waals surface area contributed by atoms with Gasteiger partial charge in [-0.15, -0.1) is 0 Å². The largest absolute Gasteiger partial charge is 0.495 e. The quantitative estimate of drug-likeness (QED) is 0.797. The van der Waals surface area contributed by atoms with Crippen molar-refractivity contribution < 1.29 is 23.0 Å². The SMILES string of the molecule is CCOC(=O)Cc1nc(C(F)F)c(CN)cc1OC. The highest BCUT2D eigenvalue weighted by atomic mass is 19.3. The molecule has 0 spiro atoms. The van der Waals surface area contributed by atoms with Crippen molar-refractivity contribution in [3.63, 3.8) is 0 Å². The molecule has 0 aromatic carbocycles. The Labute approximate surface area is 109 Å². The number of aromatic nitrogens is 1. The fourth-order valence-electron chi connectivity index (χ4n) is 1.59. The van der Waals surface area contributed by atoms with Crippen LogP contribution in [0.15, 0.2) is 6.07 Å². The zero-order valence-electron chi connectivity index (χ0n) is 10.8. The molecule has 0 saturated carbocycles. The molecular weight excluding hydrogens is 258 g/mol. The number of ether oxygens (including phenoxy) is 2.